The molecular formula is C17H23N5O2. The Bertz CT molecular complexity index is 686. The van der Waals surface area contributed by atoms with Crippen molar-refractivity contribution in [3.8, 4) is 11.5 Å². The van der Waals surface area contributed by atoms with Crippen LogP contribution in [-0.4, -0.2) is 42.5 Å². The molecular weight excluding hydrogens is 306 g/mol. The van der Waals surface area contributed by atoms with Crippen LogP contribution in [0.15, 0.2) is 24.4 Å². The quantitative estimate of drug-likeness (QED) is 0.904. The van der Waals surface area contributed by atoms with Crippen LogP contribution < -0.4 is 19.7 Å². The molecule has 7 nitrogen and oxygen atoms in total. The third-order valence-electron chi connectivity index (χ3n) is 4.28. The van der Waals surface area contributed by atoms with E-state index in [9.17, 15) is 0 Å². The largest absolute Gasteiger partial charge is 0.497 e. The lowest BCUT2D eigenvalue weighted by Crippen LogP contribution is -2.34. The van der Waals surface area contributed by atoms with E-state index in [1.807, 2.05) is 18.2 Å². The zero-order chi connectivity index (χ0) is 16.9. The molecule has 0 bridgehead atoms. The molecule has 0 atom stereocenters. The van der Waals surface area contributed by atoms with Crippen molar-refractivity contribution in [2.75, 3.05) is 37.5 Å². The van der Waals surface area contributed by atoms with Crippen molar-refractivity contribution in [3.63, 3.8) is 0 Å². The molecule has 24 heavy (non-hydrogen) atoms. The fourth-order valence-electron chi connectivity index (χ4n) is 2.75. The van der Waals surface area contributed by atoms with Gasteiger partial charge in [0, 0.05) is 19.2 Å². The van der Waals surface area contributed by atoms with Crippen LogP contribution in [0.5, 0.6) is 11.5 Å². The molecule has 0 amide bonds. The van der Waals surface area contributed by atoms with E-state index in [2.05, 4.69) is 32.3 Å². The fraction of sp³-hybridized carbons (Fsp3) is 0.471. The molecule has 0 saturated carbocycles. The SMILES string of the molecule is COc1ccc(OC)c(Nc2cnnc(N3CCC(C)CC3)n2)c1. The number of rotatable bonds is 5. The van der Waals surface area contributed by atoms with Gasteiger partial charge in [0.1, 0.15) is 11.5 Å². The number of benzene rings is 1. The number of piperidine rings is 1. The Labute approximate surface area is 142 Å². The highest BCUT2D eigenvalue weighted by atomic mass is 16.5. The van der Waals surface area contributed by atoms with Crippen molar-refractivity contribution in [1.29, 1.82) is 0 Å². The van der Waals surface area contributed by atoms with Gasteiger partial charge in [0.05, 0.1) is 26.1 Å². The summed E-state index contributed by atoms with van der Waals surface area (Å²) in [6.45, 7) is 4.22. The van der Waals surface area contributed by atoms with Gasteiger partial charge in [-0.2, -0.15) is 10.1 Å². The van der Waals surface area contributed by atoms with Gasteiger partial charge in [-0.15, -0.1) is 5.10 Å². The molecule has 2 heterocycles. The monoisotopic (exact) mass is 329 g/mol. The minimum absolute atomic E-state index is 0.630. The van der Waals surface area contributed by atoms with Crippen LogP contribution in [0.3, 0.4) is 0 Å². The van der Waals surface area contributed by atoms with Crippen LogP contribution in [0.25, 0.3) is 0 Å². The molecule has 3 rings (SSSR count). The van der Waals surface area contributed by atoms with Crippen LogP contribution in [0.4, 0.5) is 17.5 Å². The van der Waals surface area contributed by atoms with Gasteiger partial charge in [0.15, 0.2) is 5.82 Å². The van der Waals surface area contributed by atoms with Crippen LogP contribution in [0, 0.1) is 5.92 Å². The molecule has 1 aromatic carbocycles. The van der Waals surface area contributed by atoms with Crippen LogP contribution in [-0.2, 0) is 0 Å². The van der Waals surface area contributed by atoms with Crippen LogP contribution >= 0.6 is 0 Å². The van der Waals surface area contributed by atoms with Crippen molar-refractivity contribution < 1.29 is 9.47 Å². The highest BCUT2D eigenvalue weighted by molar-refractivity contribution is 5.66. The lowest BCUT2D eigenvalue weighted by atomic mass is 10.00. The Balaban J connectivity index is 1.80. The number of nitrogens with one attached hydrogen (secondary N) is 1. The molecule has 1 fully saturated rings. The summed E-state index contributed by atoms with van der Waals surface area (Å²) >= 11 is 0. The average Bonchev–Trinajstić information content (AvgIpc) is 2.62. The second-order valence-corrected chi connectivity index (χ2v) is 6.00. The summed E-state index contributed by atoms with van der Waals surface area (Å²) in [7, 11) is 3.26. The Morgan fingerprint density at radius 3 is 2.67 bits per heavy atom. The van der Waals surface area contributed by atoms with Crippen LogP contribution in [0.2, 0.25) is 0 Å². The van der Waals surface area contributed by atoms with E-state index in [1.54, 1.807) is 20.4 Å². The lowest BCUT2D eigenvalue weighted by Gasteiger charge is -2.29. The zero-order valence-electron chi connectivity index (χ0n) is 14.3. The predicted octanol–water partition coefficient (Wildman–Crippen LogP) is 2.87. The Hall–Kier alpha value is -2.57. The highest BCUT2D eigenvalue weighted by Gasteiger charge is 2.18. The normalized spacial score (nSPS) is 15.2. The summed E-state index contributed by atoms with van der Waals surface area (Å²) in [5.74, 6) is 3.50. The minimum atomic E-state index is 0.630. The van der Waals surface area contributed by atoms with E-state index in [-0.39, 0.29) is 0 Å². The van der Waals surface area contributed by atoms with Gasteiger partial charge in [-0.1, -0.05) is 6.92 Å². The fourth-order valence-corrected chi connectivity index (χ4v) is 2.75. The summed E-state index contributed by atoms with van der Waals surface area (Å²) in [5.41, 5.74) is 0.774. The molecule has 1 aliphatic rings. The first-order valence-electron chi connectivity index (χ1n) is 8.13. The van der Waals surface area contributed by atoms with E-state index < -0.39 is 0 Å². The third kappa shape index (κ3) is 3.67. The number of hydrogen-bond donors (Lipinski definition) is 1. The average molecular weight is 329 g/mol. The topological polar surface area (TPSA) is 72.4 Å². The molecule has 128 valence electrons. The lowest BCUT2D eigenvalue weighted by molar-refractivity contribution is 0.405. The van der Waals surface area contributed by atoms with Gasteiger partial charge in [-0.3, -0.25) is 0 Å². The maximum Gasteiger partial charge on any atom is 0.247 e. The molecule has 0 aliphatic carbocycles. The number of anilines is 3. The first-order valence-corrected chi connectivity index (χ1v) is 8.13. The van der Waals surface area contributed by atoms with Crippen molar-refractivity contribution >= 4 is 17.5 Å². The number of nitrogens with zero attached hydrogens (tertiary/aromatic N) is 4. The van der Waals surface area contributed by atoms with Crippen molar-refractivity contribution in [2.45, 2.75) is 19.8 Å². The maximum atomic E-state index is 5.38. The zero-order valence-corrected chi connectivity index (χ0v) is 14.3. The van der Waals surface area contributed by atoms with E-state index in [0.29, 0.717) is 17.5 Å². The maximum absolute atomic E-state index is 5.38. The summed E-state index contributed by atoms with van der Waals surface area (Å²) in [6.07, 6.45) is 3.92. The predicted molar refractivity (Wildman–Crippen MR) is 93.3 cm³/mol. The number of ether oxygens (including phenoxy) is 2. The van der Waals surface area contributed by atoms with Gasteiger partial charge in [-0.25, -0.2) is 0 Å². The smallest absolute Gasteiger partial charge is 0.247 e. The second-order valence-electron chi connectivity index (χ2n) is 6.00. The van der Waals surface area contributed by atoms with Gasteiger partial charge in [0.2, 0.25) is 5.95 Å². The molecule has 1 N–H and O–H groups in total. The molecule has 0 unspecified atom stereocenters. The Kier molecular flexibility index (Phi) is 4.98. The number of aromatic nitrogens is 3. The summed E-state index contributed by atoms with van der Waals surface area (Å²) < 4.78 is 10.7. The number of methoxy groups -OCH3 is 2. The van der Waals surface area contributed by atoms with E-state index in [1.165, 1.54) is 0 Å². The Morgan fingerprint density at radius 1 is 1.17 bits per heavy atom. The second kappa shape index (κ2) is 7.33. The van der Waals surface area contributed by atoms with Gasteiger partial charge < -0.3 is 19.7 Å². The van der Waals surface area contributed by atoms with Gasteiger partial charge in [-0.05, 0) is 30.9 Å². The molecule has 0 radical (unpaired) electrons. The van der Waals surface area contributed by atoms with E-state index >= 15 is 0 Å². The van der Waals surface area contributed by atoms with Gasteiger partial charge in [0.25, 0.3) is 0 Å². The minimum Gasteiger partial charge on any atom is -0.497 e. The van der Waals surface area contributed by atoms with E-state index in [4.69, 9.17) is 9.47 Å². The van der Waals surface area contributed by atoms with E-state index in [0.717, 1.165) is 43.3 Å². The number of hydrogen-bond acceptors (Lipinski definition) is 7. The molecule has 2 aromatic rings. The first-order chi connectivity index (χ1) is 11.7. The summed E-state index contributed by atoms with van der Waals surface area (Å²) in [4.78, 5) is 6.77. The van der Waals surface area contributed by atoms with Crippen molar-refractivity contribution in [1.82, 2.24) is 15.2 Å². The standard InChI is InChI=1S/C17H23N5O2/c1-12-6-8-22(9-7-12)17-20-16(11-18-21-17)19-14-10-13(23-2)4-5-15(14)24-3/h4-5,10-12H,6-9H2,1-3H3,(H,19,20,21). The van der Waals surface area contributed by atoms with Crippen LogP contribution in [0.1, 0.15) is 19.8 Å². The molecule has 0 spiro atoms. The van der Waals surface area contributed by atoms with Gasteiger partial charge >= 0.3 is 0 Å². The summed E-state index contributed by atoms with van der Waals surface area (Å²) in [5, 5.41) is 11.5. The molecule has 1 aliphatic heterocycles. The Morgan fingerprint density at radius 2 is 1.96 bits per heavy atom. The van der Waals surface area contributed by atoms with Crippen molar-refractivity contribution in [3.05, 3.63) is 24.4 Å². The molecule has 1 saturated heterocycles. The third-order valence-corrected chi connectivity index (χ3v) is 4.28. The molecule has 1 aromatic heterocycles. The van der Waals surface area contributed by atoms with Crippen molar-refractivity contribution in [2.24, 2.45) is 5.92 Å². The first kappa shape index (κ1) is 16.3. The summed E-state index contributed by atoms with van der Waals surface area (Å²) in [6, 6.07) is 5.56. The highest BCUT2D eigenvalue weighted by Crippen LogP contribution is 2.31. The molecule has 7 heteroatoms.